The number of rotatable bonds is 8. The molecule has 6 nitrogen and oxygen atoms in total. The molecule has 0 amide bonds. The van der Waals surface area contributed by atoms with Crippen molar-refractivity contribution in [2.75, 3.05) is 18.8 Å². The van der Waals surface area contributed by atoms with Gasteiger partial charge in [0.25, 0.3) is 0 Å². The molecule has 0 bridgehead atoms. The average molecular weight is 471 g/mol. The fourth-order valence-electron chi connectivity index (χ4n) is 3.81. The van der Waals surface area contributed by atoms with Crippen LogP contribution in [0, 0.1) is 17.6 Å². The van der Waals surface area contributed by atoms with Crippen LogP contribution in [0.1, 0.15) is 17.7 Å². The molecule has 4 rings (SSSR count). The molecule has 3 aromatic rings. The van der Waals surface area contributed by atoms with Gasteiger partial charge < -0.3 is 20.9 Å². The lowest BCUT2D eigenvalue weighted by Gasteiger charge is -2.14. The standard InChI is InChI=1S/C24H25ClF2N6/c1-15(30-12-17-5-4-8-20(26)22(17)27)31-13-21-23(28)33(14-16-9-10-29-11-16)24(32-21)18-6-2-3-7-19(18)25/h2-8,13,16,29-30H,1,9-12,14,28H2. The first-order chi connectivity index (χ1) is 15.9. The van der Waals surface area contributed by atoms with Crippen LogP contribution in [-0.2, 0) is 13.1 Å². The summed E-state index contributed by atoms with van der Waals surface area (Å²) in [6.45, 7) is 6.47. The zero-order valence-corrected chi connectivity index (χ0v) is 18.7. The molecule has 9 heteroatoms. The third-order valence-electron chi connectivity index (χ3n) is 5.61. The van der Waals surface area contributed by atoms with Crippen LogP contribution in [0.15, 0.2) is 59.9 Å². The highest BCUT2D eigenvalue weighted by Crippen LogP contribution is 2.31. The molecule has 1 saturated heterocycles. The molecule has 2 aromatic carbocycles. The van der Waals surface area contributed by atoms with Crippen molar-refractivity contribution < 1.29 is 8.78 Å². The number of nitrogens with two attached hydrogens (primary N) is 1. The molecule has 1 aromatic heterocycles. The predicted octanol–water partition coefficient (Wildman–Crippen LogP) is 4.35. The Morgan fingerprint density at radius 1 is 1.30 bits per heavy atom. The summed E-state index contributed by atoms with van der Waals surface area (Å²) in [7, 11) is 0. The molecule has 0 saturated carbocycles. The maximum absolute atomic E-state index is 13.8. The normalized spacial score (nSPS) is 15.9. The molecule has 0 radical (unpaired) electrons. The molecule has 4 N–H and O–H groups in total. The van der Waals surface area contributed by atoms with Crippen LogP contribution in [0.2, 0.25) is 5.02 Å². The summed E-state index contributed by atoms with van der Waals surface area (Å²) >= 11 is 6.44. The molecule has 1 aliphatic heterocycles. The van der Waals surface area contributed by atoms with E-state index in [2.05, 4.69) is 22.2 Å². The third kappa shape index (κ3) is 5.23. The minimum Gasteiger partial charge on any atom is -0.383 e. The molecule has 33 heavy (non-hydrogen) atoms. The van der Waals surface area contributed by atoms with E-state index in [1.807, 2.05) is 28.8 Å². The number of aromatic nitrogens is 2. The van der Waals surface area contributed by atoms with E-state index >= 15 is 0 Å². The Labute approximate surface area is 196 Å². The molecular formula is C24H25ClF2N6. The molecule has 0 spiro atoms. The van der Waals surface area contributed by atoms with Crippen LogP contribution in [0.5, 0.6) is 0 Å². The van der Waals surface area contributed by atoms with Gasteiger partial charge in [0.1, 0.15) is 23.2 Å². The van der Waals surface area contributed by atoms with Gasteiger partial charge in [0.15, 0.2) is 11.6 Å². The smallest absolute Gasteiger partial charge is 0.163 e. The van der Waals surface area contributed by atoms with E-state index in [0.717, 1.165) is 31.1 Å². The molecule has 1 aliphatic rings. The Morgan fingerprint density at radius 3 is 2.88 bits per heavy atom. The van der Waals surface area contributed by atoms with Gasteiger partial charge in [-0.25, -0.2) is 18.8 Å². The van der Waals surface area contributed by atoms with Crippen molar-refractivity contribution in [3.05, 3.63) is 82.8 Å². The highest BCUT2D eigenvalue weighted by Gasteiger charge is 2.22. The van der Waals surface area contributed by atoms with Crippen molar-refractivity contribution in [1.82, 2.24) is 20.2 Å². The van der Waals surface area contributed by atoms with E-state index in [0.29, 0.717) is 34.8 Å². The number of nitrogens with zero attached hydrogens (tertiary/aromatic N) is 3. The van der Waals surface area contributed by atoms with Gasteiger partial charge in [-0.1, -0.05) is 42.4 Å². The summed E-state index contributed by atoms with van der Waals surface area (Å²) in [6.07, 6.45) is 2.57. The number of nitrogen functional groups attached to an aromatic ring is 1. The molecule has 1 fully saturated rings. The number of nitrogens with one attached hydrogen (secondary N) is 2. The first kappa shape index (κ1) is 22.9. The summed E-state index contributed by atoms with van der Waals surface area (Å²) in [5.74, 6) is 0.0652. The maximum Gasteiger partial charge on any atom is 0.163 e. The second-order valence-electron chi connectivity index (χ2n) is 7.93. The molecular weight excluding hydrogens is 446 g/mol. The number of aliphatic imine (C=N–C) groups is 1. The van der Waals surface area contributed by atoms with Crippen molar-refractivity contribution >= 4 is 23.6 Å². The van der Waals surface area contributed by atoms with Crippen molar-refractivity contribution in [2.45, 2.75) is 19.5 Å². The van der Waals surface area contributed by atoms with E-state index in [4.69, 9.17) is 22.3 Å². The van der Waals surface area contributed by atoms with Gasteiger partial charge >= 0.3 is 0 Å². The van der Waals surface area contributed by atoms with Crippen LogP contribution in [0.4, 0.5) is 14.6 Å². The van der Waals surface area contributed by atoms with E-state index in [1.54, 1.807) is 0 Å². The molecule has 1 unspecified atom stereocenters. The summed E-state index contributed by atoms with van der Waals surface area (Å²) in [4.78, 5) is 8.98. The quantitative estimate of drug-likeness (QED) is 0.427. The van der Waals surface area contributed by atoms with Crippen molar-refractivity contribution in [3.8, 4) is 11.4 Å². The minimum absolute atomic E-state index is 0.0449. The first-order valence-electron chi connectivity index (χ1n) is 10.7. The Morgan fingerprint density at radius 2 is 2.12 bits per heavy atom. The summed E-state index contributed by atoms with van der Waals surface area (Å²) < 4.78 is 29.2. The molecule has 0 aliphatic carbocycles. The third-order valence-corrected chi connectivity index (χ3v) is 5.94. The van der Waals surface area contributed by atoms with Gasteiger partial charge in [0.05, 0.1) is 11.2 Å². The van der Waals surface area contributed by atoms with Gasteiger partial charge in [0.2, 0.25) is 0 Å². The Hall–Kier alpha value is -3.23. The minimum atomic E-state index is -0.897. The zero-order chi connectivity index (χ0) is 23.4. The lowest BCUT2D eigenvalue weighted by Crippen LogP contribution is -2.16. The largest absolute Gasteiger partial charge is 0.383 e. The van der Waals surface area contributed by atoms with E-state index in [1.165, 1.54) is 18.3 Å². The number of anilines is 1. The van der Waals surface area contributed by atoms with Crippen molar-refractivity contribution in [3.63, 3.8) is 0 Å². The summed E-state index contributed by atoms with van der Waals surface area (Å²) in [5, 5.41) is 6.82. The SMILES string of the molecule is C=C(N=Cc1nc(-c2ccccc2Cl)n(CC2CCNC2)c1N)NCc1cccc(F)c1F. The van der Waals surface area contributed by atoms with Crippen LogP contribution >= 0.6 is 11.6 Å². The maximum atomic E-state index is 13.8. The van der Waals surface area contributed by atoms with Crippen LogP contribution in [0.3, 0.4) is 0 Å². The highest BCUT2D eigenvalue weighted by molar-refractivity contribution is 6.33. The number of imidazole rings is 1. The van der Waals surface area contributed by atoms with Gasteiger partial charge in [-0.3, -0.25) is 0 Å². The fourth-order valence-corrected chi connectivity index (χ4v) is 4.03. The van der Waals surface area contributed by atoms with Crippen LogP contribution < -0.4 is 16.4 Å². The second kappa shape index (κ2) is 10.1. The second-order valence-corrected chi connectivity index (χ2v) is 8.33. The van der Waals surface area contributed by atoms with Gasteiger partial charge in [-0.15, -0.1) is 0 Å². The summed E-state index contributed by atoms with van der Waals surface area (Å²) in [5.41, 5.74) is 7.91. The number of hydrogen-bond donors (Lipinski definition) is 3. The zero-order valence-electron chi connectivity index (χ0n) is 18.0. The number of benzene rings is 2. The van der Waals surface area contributed by atoms with Crippen LogP contribution in [0.25, 0.3) is 11.4 Å². The Kier molecular flexibility index (Phi) is 7.05. The topological polar surface area (TPSA) is 80.3 Å². The predicted molar refractivity (Wildman–Crippen MR) is 128 cm³/mol. The summed E-state index contributed by atoms with van der Waals surface area (Å²) in [6, 6.07) is 11.5. The lowest BCUT2D eigenvalue weighted by molar-refractivity contribution is 0.488. The Bertz CT molecular complexity index is 1180. The fraction of sp³-hybridized carbons (Fsp3) is 0.250. The van der Waals surface area contributed by atoms with Crippen molar-refractivity contribution in [2.24, 2.45) is 10.9 Å². The van der Waals surface area contributed by atoms with Crippen LogP contribution in [-0.4, -0.2) is 28.9 Å². The Balaban J connectivity index is 1.55. The average Bonchev–Trinajstić information content (AvgIpc) is 3.43. The lowest BCUT2D eigenvalue weighted by atomic mass is 10.1. The van der Waals surface area contributed by atoms with Gasteiger partial charge in [-0.2, -0.15) is 0 Å². The monoisotopic (exact) mass is 470 g/mol. The number of hydrogen-bond acceptors (Lipinski definition) is 5. The van der Waals surface area contributed by atoms with Crippen molar-refractivity contribution in [1.29, 1.82) is 0 Å². The van der Waals surface area contributed by atoms with Gasteiger partial charge in [0, 0.05) is 24.2 Å². The molecule has 1 atom stereocenters. The first-order valence-corrected chi connectivity index (χ1v) is 11.0. The molecule has 172 valence electrons. The van der Waals surface area contributed by atoms with E-state index in [9.17, 15) is 8.78 Å². The van der Waals surface area contributed by atoms with Gasteiger partial charge in [-0.05, 0) is 43.6 Å². The molecule has 2 heterocycles. The highest BCUT2D eigenvalue weighted by atomic mass is 35.5. The van der Waals surface area contributed by atoms with E-state index in [-0.39, 0.29) is 17.9 Å². The van der Waals surface area contributed by atoms with E-state index < -0.39 is 11.6 Å². The number of halogens is 3.